The molecule has 0 unspecified atom stereocenters. The van der Waals surface area contributed by atoms with Gasteiger partial charge in [0.2, 0.25) is 0 Å². The number of amidine groups is 2. The second kappa shape index (κ2) is 15.3. The van der Waals surface area contributed by atoms with Gasteiger partial charge in [0.25, 0.3) is 0 Å². The summed E-state index contributed by atoms with van der Waals surface area (Å²) in [6.45, 7) is 0. The Morgan fingerprint density at radius 2 is 0.929 bits per heavy atom. The average molecular weight is 735 g/mol. The van der Waals surface area contributed by atoms with Crippen molar-refractivity contribution in [1.29, 1.82) is 5.41 Å². The number of hydrogen-bond acceptors (Lipinski definition) is 1. The lowest BCUT2D eigenvalue weighted by molar-refractivity contribution is 1.18. The van der Waals surface area contributed by atoms with Crippen molar-refractivity contribution in [3.8, 4) is 5.69 Å². The molecular formula is C51H38N4Si. The zero-order valence-corrected chi connectivity index (χ0v) is 31.7. The first kappa shape index (κ1) is 34.5. The van der Waals surface area contributed by atoms with Crippen LogP contribution in [0.15, 0.2) is 228 Å². The van der Waals surface area contributed by atoms with Crippen LogP contribution in [-0.2, 0) is 0 Å². The first-order valence-electron chi connectivity index (χ1n) is 18.8. The van der Waals surface area contributed by atoms with Crippen LogP contribution in [0, 0.1) is 5.41 Å². The van der Waals surface area contributed by atoms with Crippen molar-refractivity contribution in [2.45, 2.75) is 0 Å². The van der Waals surface area contributed by atoms with Gasteiger partial charge in [0.05, 0.1) is 11.0 Å². The molecule has 1 N–H and O–H groups in total. The number of nitrogens with one attached hydrogen (secondary N) is 1. The van der Waals surface area contributed by atoms with Gasteiger partial charge in [0.15, 0.2) is 19.7 Å². The van der Waals surface area contributed by atoms with E-state index in [4.69, 9.17) is 10.4 Å². The highest BCUT2D eigenvalue weighted by molar-refractivity contribution is 7.20. The molecule has 4 nitrogen and oxygen atoms in total. The van der Waals surface area contributed by atoms with Crippen molar-refractivity contribution in [2.75, 3.05) is 0 Å². The minimum absolute atomic E-state index is 0.168. The van der Waals surface area contributed by atoms with Gasteiger partial charge in [-0.2, -0.15) is 0 Å². The molecule has 0 bridgehead atoms. The van der Waals surface area contributed by atoms with Crippen LogP contribution >= 0.6 is 0 Å². The molecule has 9 rings (SSSR count). The maximum atomic E-state index is 8.67. The lowest BCUT2D eigenvalue weighted by atomic mass is 10.1. The molecule has 56 heavy (non-hydrogen) atoms. The van der Waals surface area contributed by atoms with E-state index in [9.17, 15) is 0 Å². The highest BCUT2D eigenvalue weighted by Gasteiger charge is 2.41. The van der Waals surface area contributed by atoms with Crippen molar-refractivity contribution in [1.82, 2.24) is 4.57 Å². The lowest BCUT2D eigenvalue weighted by Crippen LogP contribution is -2.74. The summed E-state index contributed by atoms with van der Waals surface area (Å²) in [4.78, 5) is 9.48. The van der Waals surface area contributed by atoms with Crippen molar-refractivity contribution in [2.24, 2.45) is 9.98 Å². The van der Waals surface area contributed by atoms with E-state index in [0.29, 0.717) is 5.84 Å². The molecule has 1 aromatic heterocycles. The van der Waals surface area contributed by atoms with E-state index in [1.807, 2.05) is 66.9 Å². The third-order valence-corrected chi connectivity index (χ3v) is 15.3. The molecule has 9 aromatic rings. The second-order valence-electron chi connectivity index (χ2n) is 13.8. The fraction of sp³-hybridized carbons (Fsp3) is 0. The van der Waals surface area contributed by atoms with E-state index in [1.54, 1.807) is 0 Å². The van der Waals surface area contributed by atoms with Gasteiger partial charge in [-0.25, -0.2) is 9.98 Å². The number of benzene rings is 8. The zero-order valence-electron chi connectivity index (χ0n) is 30.7. The normalized spacial score (nSPS) is 12.0. The van der Waals surface area contributed by atoms with Crippen molar-refractivity contribution in [3.63, 3.8) is 0 Å². The first-order valence-corrected chi connectivity index (χ1v) is 20.8. The molecular weight excluding hydrogens is 697 g/mol. The topological polar surface area (TPSA) is 53.5 Å². The third-order valence-electron chi connectivity index (χ3n) is 10.5. The molecule has 0 spiro atoms. The van der Waals surface area contributed by atoms with Crippen LogP contribution in [0.1, 0.15) is 16.7 Å². The summed E-state index contributed by atoms with van der Waals surface area (Å²) in [6, 6.07) is 77.0. The number of para-hydroxylation sites is 1. The molecule has 5 heteroatoms. The number of rotatable bonds is 8. The molecule has 0 atom stereocenters. The number of nitrogens with zero attached hydrogens (tertiary/aromatic N) is 3. The second-order valence-corrected chi connectivity index (χ2v) is 17.6. The first-order chi connectivity index (χ1) is 27.7. The van der Waals surface area contributed by atoms with Gasteiger partial charge in [-0.15, -0.1) is 0 Å². The minimum atomic E-state index is -2.74. The molecule has 0 aliphatic heterocycles. The van der Waals surface area contributed by atoms with E-state index in [-0.39, 0.29) is 5.84 Å². The Balaban J connectivity index is 1.17. The minimum Gasteiger partial charge on any atom is -0.309 e. The van der Waals surface area contributed by atoms with E-state index < -0.39 is 8.07 Å². The summed E-state index contributed by atoms with van der Waals surface area (Å²) in [5, 5.41) is 16.5. The van der Waals surface area contributed by atoms with Gasteiger partial charge >= 0.3 is 0 Å². The van der Waals surface area contributed by atoms with E-state index in [1.165, 1.54) is 37.0 Å². The highest BCUT2D eigenvalue weighted by atomic mass is 28.3. The molecule has 1 heterocycles. The Labute approximate surface area is 328 Å². The summed E-state index contributed by atoms with van der Waals surface area (Å²) in [6.07, 6.45) is 1.83. The van der Waals surface area contributed by atoms with Crippen LogP contribution < -0.4 is 20.7 Å². The summed E-state index contributed by atoms with van der Waals surface area (Å²) in [5.41, 5.74) is 5.93. The standard InChI is InChI=1S/C51H38N4Si/c52-50(39-18-6-1-7-19-39)54-51(40-20-8-2-9-21-40)53-37-38-30-32-41(33-31-38)55-48-29-17-16-28-46(48)47-35-34-45(36-49(47)55)56(42-22-10-3-11-23-42,43-24-12-4-13-25-43)44-26-14-5-15-27-44/h1-37,52H. The monoisotopic (exact) mass is 734 g/mol. The van der Waals surface area contributed by atoms with Gasteiger partial charge in [-0.1, -0.05) is 194 Å². The number of aliphatic imine (C=N–C) groups is 2. The summed E-state index contributed by atoms with van der Waals surface area (Å²) >= 11 is 0. The van der Waals surface area contributed by atoms with Crippen molar-refractivity contribution < 1.29 is 0 Å². The lowest BCUT2D eigenvalue weighted by Gasteiger charge is -2.34. The largest absolute Gasteiger partial charge is 0.309 e. The van der Waals surface area contributed by atoms with Crippen LogP contribution in [0.2, 0.25) is 0 Å². The molecule has 0 saturated heterocycles. The van der Waals surface area contributed by atoms with E-state index >= 15 is 0 Å². The SMILES string of the molecule is N=C(N=C(N=Cc1ccc(-n2c3ccccc3c3ccc([Si](c4ccccc4)(c4ccccc4)c4ccccc4)cc32)cc1)c1ccccc1)c1ccccc1. The summed E-state index contributed by atoms with van der Waals surface area (Å²) in [5.74, 6) is 0.655. The molecule has 266 valence electrons. The Bertz CT molecular complexity index is 2730. The fourth-order valence-electron chi connectivity index (χ4n) is 7.91. The summed E-state index contributed by atoms with van der Waals surface area (Å²) in [7, 11) is -2.74. The Hall–Kier alpha value is -7.21. The van der Waals surface area contributed by atoms with Crippen molar-refractivity contribution >= 4 is 68.5 Å². The predicted octanol–water partition coefficient (Wildman–Crippen LogP) is 9.05. The van der Waals surface area contributed by atoms with Gasteiger partial charge in [0, 0.05) is 33.8 Å². The van der Waals surface area contributed by atoms with Gasteiger partial charge in [0.1, 0.15) is 0 Å². The molecule has 0 aliphatic rings. The fourth-order valence-corrected chi connectivity index (χ4v) is 12.7. The Kier molecular flexibility index (Phi) is 9.42. The Morgan fingerprint density at radius 3 is 1.50 bits per heavy atom. The molecule has 0 radical (unpaired) electrons. The van der Waals surface area contributed by atoms with Crippen LogP contribution in [-0.4, -0.2) is 30.5 Å². The molecule has 8 aromatic carbocycles. The zero-order chi connectivity index (χ0) is 37.7. The van der Waals surface area contributed by atoms with Crippen LogP contribution in [0.3, 0.4) is 0 Å². The third kappa shape index (κ3) is 6.40. The molecule has 0 fully saturated rings. The maximum Gasteiger partial charge on any atom is 0.179 e. The predicted molar refractivity (Wildman–Crippen MR) is 238 cm³/mol. The maximum absolute atomic E-state index is 8.67. The van der Waals surface area contributed by atoms with E-state index in [2.05, 4.69) is 167 Å². The van der Waals surface area contributed by atoms with E-state index in [0.717, 1.165) is 27.9 Å². The van der Waals surface area contributed by atoms with Gasteiger partial charge < -0.3 is 4.57 Å². The molecule has 0 amide bonds. The number of aromatic nitrogens is 1. The molecule has 0 aliphatic carbocycles. The number of hydrogen-bond donors (Lipinski definition) is 1. The summed E-state index contributed by atoms with van der Waals surface area (Å²) < 4.78 is 2.40. The smallest absolute Gasteiger partial charge is 0.179 e. The van der Waals surface area contributed by atoms with Crippen molar-refractivity contribution in [3.05, 3.63) is 235 Å². The average Bonchev–Trinajstić information content (AvgIpc) is 3.61. The van der Waals surface area contributed by atoms with Crippen LogP contribution in [0.25, 0.3) is 27.5 Å². The quantitative estimate of drug-likeness (QED) is 0.0702. The number of fused-ring (bicyclic) bond motifs is 3. The van der Waals surface area contributed by atoms with Crippen LogP contribution in [0.4, 0.5) is 0 Å². The van der Waals surface area contributed by atoms with Crippen LogP contribution in [0.5, 0.6) is 0 Å². The highest BCUT2D eigenvalue weighted by Crippen LogP contribution is 2.32. The van der Waals surface area contributed by atoms with Gasteiger partial charge in [-0.3, -0.25) is 5.41 Å². The van der Waals surface area contributed by atoms with Gasteiger partial charge in [-0.05, 0) is 50.6 Å². The Morgan fingerprint density at radius 1 is 0.446 bits per heavy atom. The molecule has 0 saturated carbocycles.